The molecule has 0 bridgehead atoms. The maximum Gasteiger partial charge on any atom is 0.0967 e. The van der Waals surface area contributed by atoms with Gasteiger partial charge in [-0.25, -0.2) is 0 Å². The molecule has 3 heteroatoms. The summed E-state index contributed by atoms with van der Waals surface area (Å²) < 4.78 is 0. The lowest BCUT2D eigenvalue weighted by molar-refractivity contribution is 0.160. The zero-order valence-electron chi connectivity index (χ0n) is 12.6. The van der Waals surface area contributed by atoms with Crippen LogP contribution in [0.5, 0.6) is 0 Å². The largest absolute Gasteiger partial charge is 0.303 e. The lowest BCUT2D eigenvalue weighted by Crippen LogP contribution is -2.39. The fraction of sp³-hybridized carbons (Fsp3) is 0.938. The van der Waals surface area contributed by atoms with E-state index in [1.165, 1.54) is 44.9 Å². The smallest absolute Gasteiger partial charge is 0.0967 e. The minimum atomic E-state index is 0.0573. The van der Waals surface area contributed by atoms with Crippen LogP contribution in [0.1, 0.15) is 58.3 Å². The molecule has 0 aromatic carbocycles. The van der Waals surface area contributed by atoms with Crippen LogP contribution in [0.15, 0.2) is 0 Å². The Morgan fingerprint density at radius 2 is 1.89 bits per heavy atom. The van der Waals surface area contributed by atoms with E-state index < -0.39 is 0 Å². The maximum atomic E-state index is 9.16. The minimum absolute atomic E-state index is 0.0573. The van der Waals surface area contributed by atoms with Gasteiger partial charge in [-0.3, -0.25) is 5.32 Å². The number of hydrogen-bond acceptors (Lipinski definition) is 3. The number of nitrogens with one attached hydrogen (secondary N) is 1. The second-order valence-electron chi connectivity index (χ2n) is 6.47. The van der Waals surface area contributed by atoms with E-state index in [0.717, 1.165) is 24.9 Å². The molecule has 2 rings (SSSR count). The Morgan fingerprint density at radius 1 is 1.21 bits per heavy atom. The van der Waals surface area contributed by atoms with Gasteiger partial charge in [0.05, 0.1) is 12.1 Å². The topological polar surface area (TPSA) is 39.1 Å². The first-order chi connectivity index (χ1) is 9.22. The van der Waals surface area contributed by atoms with Crippen molar-refractivity contribution in [3.8, 4) is 6.07 Å². The fourth-order valence-corrected chi connectivity index (χ4v) is 3.23. The van der Waals surface area contributed by atoms with Crippen molar-refractivity contribution in [1.29, 1.82) is 5.26 Å². The lowest BCUT2D eigenvalue weighted by Gasteiger charge is -2.34. The third-order valence-electron chi connectivity index (χ3n) is 4.96. The molecule has 2 aliphatic carbocycles. The molecule has 0 aromatic heterocycles. The van der Waals surface area contributed by atoms with E-state index in [9.17, 15) is 0 Å². The van der Waals surface area contributed by atoms with Crippen LogP contribution in [0, 0.1) is 17.2 Å². The summed E-state index contributed by atoms with van der Waals surface area (Å²) >= 11 is 0. The van der Waals surface area contributed by atoms with E-state index in [-0.39, 0.29) is 6.04 Å². The van der Waals surface area contributed by atoms with E-state index in [0.29, 0.717) is 6.04 Å². The average Bonchev–Trinajstić information content (AvgIpc) is 3.27. The van der Waals surface area contributed by atoms with Gasteiger partial charge in [0.1, 0.15) is 0 Å². The van der Waals surface area contributed by atoms with Crippen molar-refractivity contribution >= 4 is 0 Å². The molecular formula is C16H29N3. The molecule has 0 saturated heterocycles. The highest BCUT2D eigenvalue weighted by atomic mass is 15.1. The summed E-state index contributed by atoms with van der Waals surface area (Å²) in [6.07, 6.45) is 10.3. The Morgan fingerprint density at radius 3 is 2.42 bits per heavy atom. The first-order valence-electron chi connectivity index (χ1n) is 8.08. The van der Waals surface area contributed by atoms with Crippen LogP contribution in [0.4, 0.5) is 0 Å². The van der Waals surface area contributed by atoms with Crippen molar-refractivity contribution in [2.45, 2.75) is 76.4 Å². The zero-order valence-corrected chi connectivity index (χ0v) is 12.6. The normalized spacial score (nSPS) is 29.2. The molecule has 0 heterocycles. The summed E-state index contributed by atoms with van der Waals surface area (Å²) in [5.41, 5.74) is 0. The minimum Gasteiger partial charge on any atom is -0.303 e. The molecule has 0 aromatic rings. The summed E-state index contributed by atoms with van der Waals surface area (Å²) in [6, 6.07) is 3.85. The highest BCUT2D eigenvalue weighted by Gasteiger charge is 2.26. The van der Waals surface area contributed by atoms with E-state index in [1.807, 2.05) is 0 Å². The van der Waals surface area contributed by atoms with Gasteiger partial charge in [-0.1, -0.05) is 13.3 Å². The highest BCUT2D eigenvalue weighted by Crippen LogP contribution is 2.29. The second kappa shape index (κ2) is 7.26. The molecule has 1 atom stereocenters. The van der Waals surface area contributed by atoms with Crippen LogP contribution >= 0.6 is 0 Å². The van der Waals surface area contributed by atoms with Gasteiger partial charge in [-0.05, 0) is 57.9 Å². The van der Waals surface area contributed by atoms with E-state index in [1.54, 1.807) is 0 Å². The molecule has 1 unspecified atom stereocenters. The molecule has 3 nitrogen and oxygen atoms in total. The molecule has 1 N–H and O–H groups in total. The van der Waals surface area contributed by atoms with Crippen molar-refractivity contribution in [1.82, 2.24) is 10.2 Å². The summed E-state index contributed by atoms with van der Waals surface area (Å²) in [5.74, 6) is 0.966. The SMILES string of the molecule is CCC1CCC(N(C)CCC(C#N)NC2CC2)CC1. The first kappa shape index (κ1) is 14.8. The van der Waals surface area contributed by atoms with Gasteiger partial charge in [0, 0.05) is 18.6 Å². The van der Waals surface area contributed by atoms with Crippen molar-refractivity contribution in [3.05, 3.63) is 0 Å². The van der Waals surface area contributed by atoms with Crippen LogP contribution in [-0.4, -0.2) is 36.6 Å². The monoisotopic (exact) mass is 263 g/mol. The van der Waals surface area contributed by atoms with Crippen molar-refractivity contribution in [2.75, 3.05) is 13.6 Å². The van der Waals surface area contributed by atoms with Crippen molar-refractivity contribution in [3.63, 3.8) is 0 Å². The summed E-state index contributed by atoms with van der Waals surface area (Å²) in [6.45, 7) is 3.37. The predicted octanol–water partition coefficient (Wildman–Crippen LogP) is 2.92. The average molecular weight is 263 g/mol. The molecule has 0 radical (unpaired) electrons. The van der Waals surface area contributed by atoms with Crippen molar-refractivity contribution in [2.24, 2.45) is 5.92 Å². The Balaban J connectivity index is 1.65. The molecule has 2 saturated carbocycles. The zero-order chi connectivity index (χ0) is 13.7. The predicted molar refractivity (Wildman–Crippen MR) is 78.8 cm³/mol. The first-order valence-corrected chi connectivity index (χ1v) is 8.08. The number of hydrogen-bond donors (Lipinski definition) is 1. The Kier molecular flexibility index (Phi) is 5.66. The Hall–Kier alpha value is -0.590. The second-order valence-corrected chi connectivity index (χ2v) is 6.47. The van der Waals surface area contributed by atoms with Gasteiger partial charge < -0.3 is 4.90 Å². The van der Waals surface area contributed by atoms with E-state index in [4.69, 9.17) is 5.26 Å². The van der Waals surface area contributed by atoms with Gasteiger partial charge >= 0.3 is 0 Å². The molecule has 2 aliphatic rings. The molecule has 19 heavy (non-hydrogen) atoms. The molecule has 108 valence electrons. The number of nitriles is 1. The van der Waals surface area contributed by atoms with Gasteiger partial charge in [0.15, 0.2) is 0 Å². The van der Waals surface area contributed by atoms with Crippen molar-refractivity contribution < 1.29 is 0 Å². The maximum absolute atomic E-state index is 9.16. The summed E-state index contributed by atoms with van der Waals surface area (Å²) in [7, 11) is 2.24. The Labute approximate surface area is 118 Å². The third kappa shape index (κ3) is 4.78. The van der Waals surface area contributed by atoms with Gasteiger partial charge in [-0.15, -0.1) is 0 Å². The molecule has 0 amide bonds. The van der Waals surface area contributed by atoms with Crippen LogP contribution in [0.2, 0.25) is 0 Å². The van der Waals surface area contributed by atoms with Crippen LogP contribution < -0.4 is 5.32 Å². The molecule has 2 fully saturated rings. The molecule has 0 spiro atoms. The van der Waals surface area contributed by atoms with E-state index >= 15 is 0 Å². The van der Waals surface area contributed by atoms with E-state index in [2.05, 4.69) is 30.3 Å². The van der Waals surface area contributed by atoms with Gasteiger partial charge in [0.2, 0.25) is 0 Å². The summed E-state index contributed by atoms with van der Waals surface area (Å²) in [4.78, 5) is 2.49. The summed E-state index contributed by atoms with van der Waals surface area (Å²) in [5, 5.41) is 12.6. The third-order valence-corrected chi connectivity index (χ3v) is 4.96. The lowest BCUT2D eigenvalue weighted by atomic mass is 9.84. The standard InChI is InChI=1S/C16H29N3/c1-3-13-4-8-16(9-5-13)19(2)11-10-15(12-17)18-14-6-7-14/h13-16,18H,3-11H2,1-2H3. The fourth-order valence-electron chi connectivity index (χ4n) is 3.23. The molecule has 0 aliphatic heterocycles. The van der Waals surface area contributed by atoms with Gasteiger partial charge in [0.25, 0.3) is 0 Å². The Bertz CT molecular complexity index is 298. The van der Waals surface area contributed by atoms with Crippen LogP contribution in [-0.2, 0) is 0 Å². The highest BCUT2D eigenvalue weighted by molar-refractivity contribution is 4.96. The van der Waals surface area contributed by atoms with Crippen LogP contribution in [0.25, 0.3) is 0 Å². The molecular weight excluding hydrogens is 234 g/mol. The van der Waals surface area contributed by atoms with Gasteiger partial charge in [-0.2, -0.15) is 5.26 Å². The quantitative estimate of drug-likeness (QED) is 0.767. The number of rotatable bonds is 7. The number of nitrogens with zero attached hydrogens (tertiary/aromatic N) is 2. The van der Waals surface area contributed by atoms with Crippen LogP contribution in [0.3, 0.4) is 0 Å².